The Bertz CT molecular complexity index is 255. The van der Waals surface area contributed by atoms with Gasteiger partial charge in [-0.1, -0.05) is 0 Å². The highest BCUT2D eigenvalue weighted by Crippen LogP contribution is 2.22. The molecule has 2 atom stereocenters. The van der Waals surface area contributed by atoms with Gasteiger partial charge in [0.2, 0.25) is 0 Å². The van der Waals surface area contributed by atoms with Crippen molar-refractivity contribution in [2.75, 3.05) is 20.3 Å². The van der Waals surface area contributed by atoms with Crippen molar-refractivity contribution in [3.8, 4) is 0 Å². The van der Waals surface area contributed by atoms with E-state index in [0.717, 1.165) is 4.90 Å². The van der Waals surface area contributed by atoms with E-state index in [1.54, 1.807) is 0 Å². The van der Waals surface area contributed by atoms with Gasteiger partial charge in [0.05, 0.1) is 18.6 Å². The first-order valence-electron chi connectivity index (χ1n) is 4.77. The number of likely N-dealkylation sites (tertiary alicyclic amines) is 1. The number of hydrogen-bond donors (Lipinski definition) is 2. The van der Waals surface area contributed by atoms with Crippen LogP contribution in [0.15, 0.2) is 0 Å². The van der Waals surface area contributed by atoms with Crippen LogP contribution in [-0.2, 0) is 9.53 Å². The predicted octanol–water partition coefficient (Wildman–Crippen LogP) is 0.476. The number of piperidine rings is 1. The average Bonchev–Trinajstić information content (AvgIpc) is 2.18. The van der Waals surface area contributed by atoms with Crippen LogP contribution in [0.5, 0.6) is 0 Å². The number of nitrogens with zero attached hydrogens (tertiary/aromatic N) is 1. The Kier molecular flexibility index (Phi) is 3.90. The Morgan fingerprint density at radius 1 is 1.40 bits per heavy atom. The number of hydrogen-bond acceptors (Lipinski definition) is 3. The second-order valence-corrected chi connectivity index (χ2v) is 3.66. The third-order valence-corrected chi connectivity index (χ3v) is 2.66. The highest BCUT2D eigenvalue weighted by molar-refractivity contribution is 5.72. The molecular formula is C9H15NO5. The first-order valence-corrected chi connectivity index (χ1v) is 4.77. The maximum atomic E-state index is 10.9. The van der Waals surface area contributed by atoms with E-state index in [1.807, 2.05) is 0 Å². The van der Waals surface area contributed by atoms with Crippen LogP contribution in [0.1, 0.15) is 12.8 Å². The molecule has 0 bridgehead atoms. The van der Waals surface area contributed by atoms with E-state index in [2.05, 4.69) is 0 Å². The molecule has 0 unspecified atom stereocenters. The molecule has 1 fully saturated rings. The van der Waals surface area contributed by atoms with Crippen LogP contribution in [-0.4, -0.2) is 53.5 Å². The average molecular weight is 217 g/mol. The smallest absolute Gasteiger partial charge is 0.407 e. The van der Waals surface area contributed by atoms with E-state index in [9.17, 15) is 9.59 Å². The van der Waals surface area contributed by atoms with E-state index in [-0.39, 0.29) is 12.6 Å². The molecule has 2 N–H and O–H groups in total. The Labute approximate surface area is 87.4 Å². The van der Waals surface area contributed by atoms with Gasteiger partial charge in [-0.2, -0.15) is 0 Å². The quantitative estimate of drug-likeness (QED) is 0.717. The molecule has 0 saturated carbocycles. The molecule has 86 valence electrons. The second kappa shape index (κ2) is 4.97. The standard InChI is InChI=1S/C9H15NO5/c1-15-5-7-3-2-6(8(11)12)4-10(7)9(13)14/h6-7H,2-5H2,1H3,(H,11,12)(H,13,14)/t6-,7+/m1/s1. The summed E-state index contributed by atoms with van der Waals surface area (Å²) in [4.78, 5) is 22.8. The molecule has 1 rings (SSSR count). The first-order chi connectivity index (χ1) is 7.06. The molecule has 1 amide bonds. The Balaban J connectivity index is 2.64. The van der Waals surface area contributed by atoms with Crippen LogP contribution >= 0.6 is 0 Å². The second-order valence-electron chi connectivity index (χ2n) is 3.66. The summed E-state index contributed by atoms with van der Waals surface area (Å²) < 4.78 is 4.91. The fourth-order valence-electron chi connectivity index (χ4n) is 1.83. The summed E-state index contributed by atoms with van der Waals surface area (Å²) >= 11 is 0. The van der Waals surface area contributed by atoms with Crippen LogP contribution in [0.25, 0.3) is 0 Å². The number of amides is 1. The Morgan fingerprint density at radius 3 is 2.53 bits per heavy atom. The van der Waals surface area contributed by atoms with Crippen molar-refractivity contribution in [1.29, 1.82) is 0 Å². The lowest BCUT2D eigenvalue weighted by molar-refractivity contribution is -0.144. The molecule has 0 aliphatic carbocycles. The van der Waals surface area contributed by atoms with Crippen molar-refractivity contribution >= 4 is 12.1 Å². The van der Waals surface area contributed by atoms with Gasteiger partial charge in [0, 0.05) is 13.7 Å². The molecule has 15 heavy (non-hydrogen) atoms. The Hall–Kier alpha value is -1.30. The van der Waals surface area contributed by atoms with Crippen molar-refractivity contribution < 1.29 is 24.5 Å². The zero-order valence-electron chi connectivity index (χ0n) is 8.55. The third-order valence-electron chi connectivity index (χ3n) is 2.66. The summed E-state index contributed by atoms with van der Waals surface area (Å²) in [6.45, 7) is 0.372. The third kappa shape index (κ3) is 2.82. The normalized spacial score (nSPS) is 26.3. The molecule has 0 spiro atoms. The lowest BCUT2D eigenvalue weighted by atomic mass is 9.93. The van der Waals surface area contributed by atoms with Crippen molar-refractivity contribution in [2.24, 2.45) is 5.92 Å². The maximum Gasteiger partial charge on any atom is 0.407 e. The number of ether oxygens (including phenoxy) is 1. The van der Waals surface area contributed by atoms with E-state index in [1.165, 1.54) is 7.11 Å². The van der Waals surface area contributed by atoms with Crippen molar-refractivity contribution in [2.45, 2.75) is 18.9 Å². The fourth-order valence-corrected chi connectivity index (χ4v) is 1.83. The number of carbonyl (C=O) groups is 2. The van der Waals surface area contributed by atoms with Crippen molar-refractivity contribution in [3.05, 3.63) is 0 Å². The summed E-state index contributed by atoms with van der Waals surface area (Å²) in [6.07, 6.45) is -0.0347. The number of rotatable bonds is 3. The summed E-state index contributed by atoms with van der Waals surface area (Å²) in [5.41, 5.74) is 0. The van der Waals surface area contributed by atoms with E-state index < -0.39 is 18.0 Å². The number of carboxylic acids is 1. The largest absolute Gasteiger partial charge is 0.481 e. The summed E-state index contributed by atoms with van der Waals surface area (Å²) in [5.74, 6) is -1.52. The number of methoxy groups -OCH3 is 1. The predicted molar refractivity (Wildman–Crippen MR) is 50.8 cm³/mol. The van der Waals surface area contributed by atoms with Crippen LogP contribution in [0.3, 0.4) is 0 Å². The van der Waals surface area contributed by atoms with Gasteiger partial charge in [0.25, 0.3) is 0 Å². The fraction of sp³-hybridized carbons (Fsp3) is 0.778. The van der Waals surface area contributed by atoms with Gasteiger partial charge in [-0.05, 0) is 12.8 Å². The van der Waals surface area contributed by atoms with Gasteiger partial charge in [-0.15, -0.1) is 0 Å². The van der Waals surface area contributed by atoms with Crippen LogP contribution < -0.4 is 0 Å². The molecule has 0 radical (unpaired) electrons. The minimum atomic E-state index is -1.08. The van der Waals surface area contributed by atoms with Gasteiger partial charge < -0.3 is 19.8 Å². The molecule has 1 saturated heterocycles. The molecule has 0 aromatic carbocycles. The van der Waals surface area contributed by atoms with Crippen LogP contribution in [0.4, 0.5) is 4.79 Å². The van der Waals surface area contributed by atoms with Gasteiger partial charge in [0.15, 0.2) is 0 Å². The monoisotopic (exact) mass is 217 g/mol. The minimum absolute atomic E-state index is 0.0543. The van der Waals surface area contributed by atoms with Crippen LogP contribution in [0.2, 0.25) is 0 Å². The highest BCUT2D eigenvalue weighted by atomic mass is 16.5. The Morgan fingerprint density at radius 2 is 2.07 bits per heavy atom. The van der Waals surface area contributed by atoms with Crippen LogP contribution in [0, 0.1) is 5.92 Å². The highest BCUT2D eigenvalue weighted by Gasteiger charge is 2.34. The molecule has 6 heteroatoms. The molecule has 1 aliphatic heterocycles. The summed E-state index contributed by atoms with van der Waals surface area (Å²) in [5, 5.41) is 17.7. The van der Waals surface area contributed by atoms with Gasteiger partial charge in [0.1, 0.15) is 0 Å². The minimum Gasteiger partial charge on any atom is -0.481 e. The first kappa shape index (κ1) is 11.8. The van der Waals surface area contributed by atoms with Crippen molar-refractivity contribution in [1.82, 2.24) is 4.90 Å². The molecule has 1 aliphatic rings. The SMILES string of the molecule is COC[C@@H]1CC[C@@H](C(=O)O)CN1C(=O)O. The van der Waals surface area contributed by atoms with Gasteiger partial charge >= 0.3 is 12.1 Å². The zero-order valence-corrected chi connectivity index (χ0v) is 8.55. The topological polar surface area (TPSA) is 87.1 Å². The van der Waals surface area contributed by atoms with Gasteiger partial charge in [-0.25, -0.2) is 4.79 Å². The number of aliphatic carboxylic acids is 1. The van der Waals surface area contributed by atoms with Gasteiger partial charge in [-0.3, -0.25) is 4.79 Å². The lowest BCUT2D eigenvalue weighted by Crippen LogP contribution is -2.49. The molecule has 1 heterocycles. The maximum absolute atomic E-state index is 10.9. The number of carboxylic acid groups (broad SMARTS) is 2. The summed E-state index contributed by atoms with van der Waals surface area (Å²) in [6, 6.07) is -0.219. The van der Waals surface area contributed by atoms with Crippen molar-refractivity contribution in [3.63, 3.8) is 0 Å². The molecule has 0 aromatic heterocycles. The lowest BCUT2D eigenvalue weighted by Gasteiger charge is -2.35. The zero-order chi connectivity index (χ0) is 11.4. The van der Waals surface area contributed by atoms with E-state index in [4.69, 9.17) is 14.9 Å². The molecule has 0 aromatic rings. The van der Waals surface area contributed by atoms with E-state index >= 15 is 0 Å². The van der Waals surface area contributed by atoms with E-state index in [0.29, 0.717) is 19.4 Å². The molecular weight excluding hydrogens is 202 g/mol. The molecule has 6 nitrogen and oxygen atoms in total. The summed E-state index contributed by atoms with van der Waals surface area (Å²) in [7, 11) is 1.50.